The fraction of sp³-hybridized carbons (Fsp3) is 0.429. The molecule has 1 aromatic rings. The summed E-state index contributed by atoms with van der Waals surface area (Å²) < 4.78 is 0. The largest absolute Gasteiger partial charge is 0.160 e. The number of aryl methyl sites for hydroxylation is 1. The third-order valence-corrected chi connectivity index (χ3v) is 3.56. The normalized spacial score (nSPS) is 15.1. The van der Waals surface area contributed by atoms with Crippen LogP contribution in [0.2, 0.25) is 0 Å². The highest BCUT2D eigenvalue weighted by molar-refractivity contribution is 6.15. The van der Waals surface area contributed by atoms with Gasteiger partial charge in [0.25, 0.3) is 0 Å². The molecule has 0 amide bonds. The summed E-state index contributed by atoms with van der Waals surface area (Å²) in [6.45, 7) is 10.7. The number of hydrogen-bond donors (Lipinski definition) is 0. The minimum absolute atomic E-state index is 0.892. The molecule has 0 aliphatic carbocycles. The van der Waals surface area contributed by atoms with Crippen molar-refractivity contribution in [2.75, 3.05) is 0 Å². The van der Waals surface area contributed by atoms with E-state index >= 15 is 0 Å². The van der Waals surface area contributed by atoms with Crippen LogP contribution in [0.25, 0.3) is 0 Å². The molecule has 0 fully saturated rings. The Morgan fingerprint density at radius 3 is 2.12 bits per heavy atom. The van der Waals surface area contributed by atoms with Crippen LogP contribution in [0.3, 0.4) is 0 Å². The van der Waals surface area contributed by atoms with Gasteiger partial charge in [-0.3, -0.25) is 0 Å². The van der Waals surface area contributed by atoms with E-state index in [1.165, 1.54) is 27.8 Å². The maximum Gasteiger partial charge on any atom is 0.0762 e. The van der Waals surface area contributed by atoms with Gasteiger partial charge in [-0.2, -0.15) is 10.2 Å². The molecule has 84 valence electrons. The second-order valence-electron chi connectivity index (χ2n) is 4.67. The molecule has 16 heavy (non-hydrogen) atoms. The average molecular weight is 214 g/mol. The number of rotatable bonds is 1. The van der Waals surface area contributed by atoms with Crippen molar-refractivity contribution >= 4 is 11.4 Å². The van der Waals surface area contributed by atoms with Crippen molar-refractivity contribution < 1.29 is 0 Å². The molecule has 2 rings (SSSR count). The minimum atomic E-state index is 0.892. The van der Waals surface area contributed by atoms with Crippen LogP contribution >= 0.6 is 0 Å². The first-order valence-electron chi connectivity index (χ1n) is 5.68. The molecule has 0 unspecified atom stereocenters. The quantitative estimate of drug-likeness (QED) is 0.683. The Hall–Kier alpha value is -1.44. The van der Waals surface area contributed by atoms with E-state index in [4.69, 9.17) is 0 Å². The Morgan fingerprint density at radius 2 is 1.56 bits per heavy atom. The third-order valence-electron chi connectivity index (χ3n) is 3.56. The van der Waals surface area contributed by atoms with Gasteiger partial charge in [-0.15, -0.1) is 0 Å². The molecule has 2 heteroatoms. The molecule has 0 spiro atoms. The molecule has 0 aromatic heterocycles. The van der Waals surface area contributed by atoms with Gasteiger partial charge in [-0.05, 0) is 62.9 Å². The van der Waals surface area contributed by atoms with Gasteiger partial charge >= 0.3 is 0 Å². The smallest absolute Gasteiger partial charge is 0.0762 e. The van der Waals surface area contributed by atoms with Crippen LogP contribution in [-0.2, 0) is 0 Å². The van der Waals surface area contributed by atoms with Gasteiger partial charge in [0.15, 0.2) is 0 Å². The molecule has 1 aromatic carbocycles. The van der Waals surface area contributed by atoms with Crippen molar-refractivity contribution in [3.63, 3.8) is 0 Å². The highest BCUT2D eigenvalue weighted by atomic mass is 15.2. The zero-order chi connectivity index (χ0) is 11.9. The summed E-state index contributed by atoms with van der Waals surface area (Å²) in [6, 6.07) is 2.24. The van der Waals surface area contributed by atoms with Gasteiger partial charge in [0.1, 0.15) is 0 Å². The van der Waals surface area contributed by atoms with E-state index in [9.17, 15) is 0 Å². The van der Waals surface area contributed by atoms with Crippen LogP contribution in [0.5, 0.6) is 0 Å². The predicted octanol–water partition coefficient (Wildman–Crippen LogP) is 3.49. The summed E-state index contributed by atoms with van der Waals surface area (Å²) in [5.74, 6) is 0. The van der Waals surface area contributed by atoms with Crippen LogP contribution in [0, 0.1) is 27.7 Å². The van der Waals surface area contributed by atoms with Gasteiger partial charge in [-0.1, -0.05) is 0 Å². The van der Waals surface area contributed by atoms with Crippen molar-refractivity contribution in [2.24, 2.45) is 10.2 Å². The summed E-state index contributed by atoms with van der Waals surface area (Å²) >= 11 is 0. The third kappa shape index (κ3) is 1.69. The Bertz CT molecular complexity index is 508. The number of hydrogen-bond acceptors (Lipinski definition) is 2. The lowest BCUT2D eigenvalue weighted by Crippen LogP contribution is -2.06. The molecule has 0 saturated carbocycles. The van der Waals surface area contributed by atoms with Crippen LogP contribution in [0.1, 0.15) is 41.2 Å². The van der Waals surface area contributed by atoms with E-state index in [1.807, 2.05) is 6.92 Å². The molecule has 0 radical (unpaired) electrons. The summed E-state index contributed by atoms with van der Waals surface area (Å²) in [5, 5.41) is 8.39. The molecular weight excluding hydrogens is 196 g/mol. The maximum atomic E-state index is 4.26. The minimum Gasteiger partial charge on any atom is -0.160 e. The number of nitrogens with zero attached hydrogens (tertiary/aromatic N) is 2. The zero-order valence-corrected chi connectivity index (χ0v) is 10.7. The molecule has 0 bridgehead atoms. The highest BCUT2D eigenvalue weighted by Crippen LogP contribution is 2.24. The Balaban J connectivity index is 2.52. The van der Waals surface area contributed by atoms with E-state index in [2.05, 4.69) is 44.0 Å². The van der Waals surface area contributed by atoms with E-state index in [-0.39, 0.29) is 0 Å². The maximum absolute atomic E-state index is 4.26. The lowest BCUT2D eigenvalue weighted by molar-refractivity contribution is 1.20. The zero-order valence-electron chi connectivity index (χ0n) is 10.7. The van der Waals surface area contributed by atoms with Crippen LogP contribution in [0.15, 0.2) is 16.3 Å². The summed E-state index contributed by atoms with van der Waals surface area (Å²) in [7, 11) is 0. The first-order valence-corrected chi connectivity index (χ1v) is 5.68. The highest BCUT2D eigenvalue weighted by Gasteiger charge is 2.16. The molecule has 2 nitrogen and oxygen atoms in total. The van der Waals surface area contributed by atoms with Crippen molar-refractivity contribution in [3.05, 3.63) is 33.9 Å². The Morgan fingerprint density at radius 1 is 0.875 bits per heavy atom. The molecule has 0 N–H and O–H groups in total. The average Bonchev–Trinajstić information content (AvgIpc) is 2.67. The second kappa shape index (κ2) is 3.85. The fourth-order valence-electron chi connectivity index (χ4n) is 2.12. The van der Waals surface area contributed by atoms with E-state index in [0.29, 0.717) is 0 Å². The topological polar surface area (TPSA) is 24.7 Å². The van der Waals surface area contributed by atoms with Crippen molar-refractivity contribution in [3.8, 4) is 0 Å². The van der Waals surface area contributed by atoms with E-state index in [1.54, 1.807) is 0 Å². The molecule has 1 aliphatic rings. The number of benzene rings is 1. The lowest BCUT2D eigenvalue weighted by Gasteiger charge is -2.13. The Kier molecular flexibility index (Phi) is 2.66. The first kappa shape index (κ1) is 11.1. The molecular formula is C14H18N2. The molecule has 0 saturated heterocycles. The fourth-order valence-corrected chi connectivity index (χ4v) is 2.12. The van der Waals surface area contributed by atoms with Crippen LogP contribution in [-0.4, -0.2) is 11.4 Å². The molecule has 1 heterocycles. The van der Waals surface area contributed by atoms with Crippen molar-refractivity contribution in [1.29, 1.82) is 0 Å². The van der Waals surface area contributed by atoms with Gasteiger partial charge in [0, 0.05) is 17.7 Å². The predicted molar refractivity (Wildman–Crippen MR) is 69.7 cm³/mol. The standard InChI is InChI=1S/C14H18N2/c1-8-6-13(12(5)11(4)10(8)3)14-7-9(2)15-16-14/h6H,7H2,1-5H3. The van der Waals surface area contributed by atoms with E-state index < -0.39 is 0 Å². The first-order chi connectivity index (χ1) is 7.50. The summed E-state index contributed by atoms with van der Waals surface area (Å²) in [5.41, 5.74) is 8.92. The SMILES string of the molecule is CC1=NN=C(c2cc(C)c(C)c(C)c2C)C1. The van der Waals surface area contributed by atoms with E-state index in [0.717, 1.165) is 17.8 Å². The van der Waals surface area contributed by atoms with Gasteiger partial charge < -0.3 is 0 Å². The van der Waals surface area contributed by atoms with Crippen molar-refractivity contribution in [1.82, 2.24) is 0 Å². The van der Waals surface area contributed by atoms with Crippen LogP contribution in [0.4, 0.5) is 0 Å². The summed E-state index contributed by atoms with van der Waals surface area (Å²) in [6.07, 6.45) is 0.892. The van der Waals surface area contributed by atoms with Crippen LogP contribution < -0.4 is 0 Å². The molecule has 1 aliphatic heterocycles. The monoisotopic (exact) mass is 214 g/mol. The molecule has 0 atom stereocenters. The second-order valence-corrected chi connectivity index (χ2v) is 4.67. The van der Waals surface area contributed by atoms with Gasteiger partial charge in [0.05, 0.1) is 5.71 Å². The summed E-state index contributed by atoms with van der Waals surface area (Å²) in [4.78, 5) is 0. The van der Waals surface area contributed by atoms with Crippen molar-refractivity contribution in [2.45, 2.75) is 41.0 Å². The van der Waals surface area contributed by atoms with Gasteiger partial charge in [0.2, 0.25) is 0 Å². The van der Waals surface area contributed by atoms with Gasteiger partial charge in [-0.25, -0.2) is 0 Å². The lowest BCUT2D eigenvalue weighted by atomic mass is 9.91. The Labute approximate surface area is 97.1 Å².